The van der Waals surface area contributed by atoms with Crippen LogP contribution in [0, 0.1) is 0 Å². The molecule has 3 aromatic rings. The van der Waals surface area contributed by atoms with E-state index in [1.165, 1.54) is 11.3 Å². The van der Waals surface area contributed by atoms with Gasteiger partial charge in [0.05, 0.1) is 6.61 Å². The van der Waals surface area contributed by atoms with Gasteiger partial charge in [-0.3, -0.25) is 0 Å². The molecule has 2 aromatic heterocycles. The summed E-state index contributed by atoms with van der Waals surface area (Å²) < 4.78 is 13.7. The molecule has 0 aliphatic carbocycles. The van der Waals surface area contributed by atoms with E-state index in [1.54, 1.807) is 0 Å². The van der Waals surface area contributed by atoms with Crippen LogP contribution in [-0.4, -0.2) is 27.3 Å². The van der Waals surface area contributed by atoms with Crippen LogP contribution >= 0.6 is 11.3 Å². The fourth-order valence-corrected chi connectivity index (χ4v) is 3.40. The van der Waals surface area contributed by atoms with Gasteiger partial charge in [0.2, 0.25) is 0 Å². The molecule has 1 aliphatic heterocycles. The van der Waals surface area contributed by atoms with E-state index in [9.17, 15) is 4.79 Å². The summed E-state index contributed by atoms with van der Waals surface area (Å²) in [6.45, 7) is 1.90. The molecule has 3 heterocycles. The Morgan fingerprint density at radius 3 is 3.18 bits per heavy atom. The maximum Gasteiger partial charge on any atom is 0.348 e. The first-order chi connectivity index (χ1) is 10.8. The number of benzene rings is 1. The average molecular weight is 315 g/mol. The van der Waals surface area contributed by atoms with E-state index in [1.807, 2.05) is 34.9 Å². The number of fused-ring (bicyclic) bond motifs is 2. The smallest absolute Gasteiger partial charge is 0.348 e. The zero-order valence-electron chi connectivity index (χ0n) is 11.7. The average Bonchev–Trinajstić information content (AvgIpc) is 3.16. The third kappa shape index (κ3) is 2.38. The molecule has 0 spiro atoms. The summed E-state index contributed by atoms with van der Waals surface area (Å²) in [5.74, 6) is 1.11. The molecule has 4 rings (SSSR count). The number of hydrogen-bond donors (Lipinski definition) is 0. The van der Waals surface area contributed by atoms with E-state index in [0.717, 1.165) is 15.9 Å². The molecule has 112 valence electrons. The molecule has 0 bridgehead atoms. The van der Waals surface area contributed by atoms with Gasteiger partial charge in [-0.2, -0.15) is 0 Å². The summed E-state index contributed by atoms with van der Waals surface area (Å²) in [6.07, 6.45) is 0. The van der Waals surface area contributed by atoms with Gasteiger partial charge in [-0.15, -0.1) is 21.5 Å². The van der Waals surface area contributed by atoms with Crippen LogP contribution in [0.2, 0.25) is 0 Å². The van der Waals surface area contributed by atoms with Crippen molar-refractivity contribution >= 4 is 27.4 Å². The van der Waals surface area contributed by atoms with Crippen molar-refractivity contribution in [1.82, 2.24) is 14.8 Å². The molecular weight excluding hydrogens is 302 g/mol. The van der Waals surface area contributed by atoms with Crippen molar-refractivity contribution < 1.29 is 14.3 Å². The van der Waals surface area contributed by atoms with Crippen LogP contribution in [0.3, 0.4) is 0 Å². The summed E-state index contributed by atoms with van der Waals surface area (Å²) in [5, 5.41) is 9.16. The Bertz CT molecular complexity index is 807. The van der Waals surface area contributed by atoms with Gasteiger partial charge in [-0.05, 0) is 17.5 Å². The van der Waals surface area contributed by atoms with Crippen molar-refractivity contribution in [3.05, 3.63) is 46.9 Å². The molecule has 0 saturated heterocycles. The van der Waals surface area contributed by atoms with Gasteiger partial charge >= 0.3 is 5.97 Å². The molecule has 0 N–H and O–H groups in total. The quantitative estimate of drug-likeness (QED) is 0.694. The zero-order valence-corrected chi connectivity index (χ0v) is 12.5. The second kappa shape index (κ2) is 5.51. The lowest BCUT2D eigenvalue weighted by atomic mass is 10.2. The van der Waals surface area contributed by atoms with Crippen LogP contribution in [0.25, 0.3) is 10.1 Å². The number of ether oxygens (including phenoxy) is 2. The second-order valence-corrected chi connectivity index (χ2v) is 6.05. The Morgan fingerprint density at radius 1 is 1.36 bits per heavy atom. The lowest BCUT2D eigenvalue weighted by Gasteiger charge is -2.15. The molecule has 0 amide bonds. The molecule has 1 aliphatic rings. The Balaban J connectivity index is 1.49. The number of rotatable bonds is 3. The summed E-state index contributed by atoms with van der Waals surface area (Å²) in [7, 11) is 0. The van der Waals surface area contributed by atoms with Gasteiger partial charge < -0.3 is 14.0 Å². The molecule has 6 nitrogen and oxygen atoms in total. The van der Waals surface area contributed by atoms with Crippen molar-refractivity contribution in [2.45, 2.75) is 19.8 Å². The predicted octanol–water partition coefficient (Wildman–Crippen LogP) is 2.38. The van der Waals surface area contributed by atoms with Gasteiger partial charge in [0, 0.05) is 11.2 Å². The van der Waals surface area contributed by atoms with Crippen molar-refractivity contribution in [3.63, 3.8) is 0 Å². The Morgan fingerprint density at radius 2 is 2.27 bits per heavy atom. The molecule has 0 fully saturated rings. The standard InChI is InChI=1S/C15H13N3O3S/c19-15(12-7-10-3-1-2-4-11(10)22-12)21-9-14-17-16-13-8-20-6-5-18(13)14/h1-4,7H,5-6,8-9H2. The fourth-order valence-electron chi connectivity index (χ4n) is 2.45. The highest BCUT2D eigenvalue weighted by Crippen LogP contribution is 2.26. The first kappa shape index (κ1) is 13.4. The van der Waals surface area contributed by atoms with Gasteiger partial charge in [-0.25, -0.2) is 4.79 Å². The van der Waals surface area contributed by atoms with Crippen LogP contribution in [-0.2, 0) is 29.2 Å². The van der Waals surface area contributed by atoms with Gasteiger partial charge in [-0.1, -0.05) is 18.2 Å². The molecular formula is C15H13N3O3S. The monoisotopic (exact) mass is 315 g/mol. The van der Waals surface area contributed by atoms with Gasteiger partial charge in [0.1, 0.15) is 11.5 Å². The molecule has 0 radical (unpaired) electrons. The Kier molecular flexibility index (Phi) is 3.36. The molecule has 0 atom stereocenters. The van der Waals surface area contributed by atoms with Crippen LogP contribution in [0.15, 0.2) is 30.3 Å². The number of carbonyl (C=O) groups excluding carboxylic acids is 1. The first-order valence-electron chi connectivity index (χ1n) is 6.95. The number of aromatic nitrogens is 3. The van der Waals surface area contributed by atoms with Gasteiger partial charge in [0.15, 0.2) is 18.3 Å². The SMILES string of the molecule is O=C(OCc1nnc2n1CCOC2)c1cc2ccccc2s1. The fraction of sp³-hybridized carbons (Fsp3) is 0.267. The maximum atomic E-state index is 12.2. The van der Waals surface area contributed by atoms with Crippen LogP contribution in [0.4, 0.5) is 0 Å². The van der Waals surface area contributed by atoms with Crippen LogP contribution < -0.4 is 0 Å². The first-order valence-corrected chi connectivity index (χ1v) is 7.77. The highest BCUT2D eigenvalue weighted by molar-refractivity contribution is 7.20. The van der Waals surface area contributed by atoms with E-state index < -0.39 is 0 Å². The number of thiophene rings is 1. The highest BCUT2D eigenvalue weighted by Gasteiger charge is 2.18. The number of nitrogens with zero attached hydrogens (tertiary/aromatic N) is 3. The Labute approximate surface area is 130 Å². The van der Waals surface area contributed by atoms with Crippen molar-refractivity contribution in [1.29, 1.82) is 0 Å². The van der Waals surface area contributed by atoms with Crippen LogP contribution in [0.1, 0.15) is 21.3 Å². The third-order valence-electron chi connectivity index (χ3n) is 3.55. The van der Waals surface area contributed by atoms with Gasteiger partial charge in [0.25, 0.3) is 0 Å². The molecule has 7 heteroatoms. The lowest BCUT2D eigenvalue weighted by Crippen LogP contribution is -2.19. The van der Waals surface area contributed by atoms with E-state index >= 15 is 0 Å². The van der Waals surface area contributed by atoms with E-state index in [-0.39, 0.29) is 12.6 Å². The van der Waals surface area contributed by atoms with Crippen molar-refractivity contribution in [2.24, 2.45) is 0 Å². The number of carbonyl (C=O) groups is 1. The molecule has 22 heavy (non-hydrogen) atoms. The number of esters is 1. The number of hydrogen-bond acceptors (Lipinski definition) is 6. The lowest BCUT2D eigenvalue weighted by molar-refractivity contribution is 0.0448. The molecule has 0 unspecified atom stereocenters. The summed E-state index contributed by atoms with van der Waals surface area (Å²) in [5.41, 5.74) is 0. The largest absolute Gasteiger partial charge is 0.453 e. The molecule has 1 aromatic carbocycles. The minimum Gasteiger partial charge on any atom is -0.453 e. The normalized spacial score (nSPS) is 14.0. The van der Waals surface area contributed by atoms with E-state index in [0.29, 0.717) is 30.5 Å². The Hall–Kier alpha value is -2.25. The van der Waals surface area contributed by atoms with Crippen molar-refractivity contribution in [2.75, 3.05) is 6.61 Å². The van der Waals surface area contributed by atoms with E-state index in [4.69, 9.17) is 9.47 Å². The third-order valence-corrected chi connectivity index (χ3v) is 4.65. The minimum atomic E-state index is -0.328. The van der Waals surface area contributed by atoms with Crippen molar-refractivity contribution in [3.8, 4) is 0 Å². The zero-order chi connectivity index (χ0) is 14.9. The highest BCUT2D eigenvalue weighted by atomic mass is 32.1. The summed E-state index contributed by atoms with van der Waals surface area (Å²) in [6, 6.07) is 9.74. The summed E-state index contributed by atoms with van der Waals surface area (Å²) >= 11 is 1.43. The second-order valence-electron chi connectivity index (χ2n) is 4.96. The minimum absolute atomic E-state index is 0.125. The van der Waals surface area contributed by atoms with E-state index in [2.05, 4.69) is 10.2 Å². The molecule has 0 saturated carbocycles. The summed E-state index contributed by atoms with van der Waals surface area (Å²) in [4.78, 5) is 12.8. The predicted molar refractivity (Wildman–Crippen MR) is 80.6 cm³/mol. The topological polar surface area (TPSA) is 66.2 Å². The van der Waals surface area contributed by atoms with Crippen LogP contribution in [0.5, 0.6) is 0 Å². The maximum absolute atomic E-state index is 12.2.